The van der Waals surface area contributed by atoms with Crippen molar-refractivity contribution in [2.75, 3.05) is 6.61 Å². The minimum atomic E-state index is -1.29. The van der Waals surface area contributed by atoms with Crippen LogP contribution in [-0.4, -0.2) is 57.3 Å². The molecule has 4 atom stereocenters. The fraction of sp³-hybridized carbons (Fsp3) is 0.844. The van der Waals surface area contributed by atoms with E-state index in [0.717, 1.165) is 51.4 Å². The van der Waals surface area contributed by atoms with Crippen LogP contribution in [0.1, 0.15) is 213 Å². The van der Waals surface area contributed by atoms with Crippen LogP contribution in [0.15, 0.2) is 36.5 Å². The van der Waals surface area contributed by atoms with Gasteiger partial charge in [-0.2, -0.15) is 0 Å². The van der Waals surface area contributed by atoms with Crippen molar-refractivity contribution in [2.24, 2.45) is 0 Å². The molecule has 5 N–H and O–H groups in total. The fourth-order valence-electron chi connectivity index (χ4n) is 6.52. The predicted molar refractivity (Wildman–Crippen MR) is 219 cm³/mol. The zero-order chi connectivity index (χ0) is 37.5. The molecule has 51 heavy (non-hydrogen) atoms. The van der Waals surface area contributed by atoms with Crippen molar-refractivity contribution in [1.82, 2.24) is 5.32 Å². The number of carbonyl (C=O) groups is 1. The summed E-state index contributed by atoms with van der Waals surface area (Å²) in [5.41, 5.74) is 0. The van der Waals surface area contributed by atoms with E-state index >= 15 is 0 Å². The van der Waals surface area contributed by atoms with E-state index in [0.29, 0.717) is 19.3 Å². The molecule has 0 fully saturated rings. The smallest absolute Gasteiger partial charge is 0.249 e. The van der Waals surface area contributed by atoms with Gasteiger partial charge in [-0.15, -0.1) is 0 Å². The van der Waals surface area contributed by atoms with Crippen molar-refractivity contribution >= 4 is 5.91 Å². The first-order chi connectivity index (χ1) is 25.0. The molecular formula is C45H85NO5. The molecule has 0 aromatic rings. The van der Waals surface area contributed by atoms with E-state index < -0.39 is 36.9 Å². The molecule has 0 aromatic carbocycles. The van der Waals surface area contributed by atoms with Crippen molar-refractivity contribution in [3.8, 4) is 0 Å². The lowest BCUT2D eigenvalue weighted by molar-refractivity contribution is -0.132. The van der Waals surface area contributed by atoms with E-state index in [2.05, 4.69) is 55.6 Å². The number of rotatable bonds is 39. The number of hydrogen-bond acceptors (Lipinski definition) is 5. The van der Waals surface area contributed by atoms with E-state index in [9.17, 15) is 25.2 Å². The average Bonchev–Trinajstić information content (AvgIpc) is 3.13. The van der Waals surface area contributed by atoms with Gasteiger partial charge in [-0.05, 0) is 70.6 Å². The van der Waals surface area contributed by atoms with Crippen molar-refractivity contribution in [2.45, 2.75) is 237 Å². The maximum absolute atomic E-state index is 12.4. The molecule has 0 aliphatic carbocycles. The van der Waals surface area contributed by atoms with E-state index in [1.165, 1.54) is 128 Å². The number of aliphatic hydroxyl groups excluding tert-OH is 4. The number of aliphatic hydroxyl groups is 4. The highest BCUT2D eigenvalue weighted by Gasteiger charge is 2.28. The molecule has 4 unspecified atom stereocenters. The Morgan fingerprint density at radius 3 is 1.29 bits per heavy atom. The van der Waals surface area contributed by atoms with Crippen LogP contribution in [-0.2, 0) is 4.79 Å². The van der Waals surface area contributed by atoms with Crippen molar-refractivity contribution in [1.29, 1.82) is 0 Å². The van der Waals surface area contributed by atoms with Crippen LogP contribution in [0.3, 0.4) is 0 Å². The summed E-state index contributed by atoms with van der Waals surface area (Å²) in [4.78, 5) is 12.4. The Hall–Kier alpha value is -1.47. The highest BCUT2D eigenvalue weighted by Crippen LogP contribution is 2.15. The monoisotopic (exact) mass is 720 g/mol. The zero-order valence-electron chi connectivity index (χ0n) is 33.6. The summed E-state index contributed by atoms with van der Waals surface area (Å²) in [6.07, 6.45) is 46.4. The van der Waals surface area contributed by atoms with E-state index in [4.69, 9.17) is 0 Å². The minimum Gasteiger partial charge on any atom is -0.394 e. The Balaban J connectivity index is 3.72. The molecule has 1 amide bonds. The van der Waals surface area contributed by atoms with Gasteiger partial charge in [0.2, 0.25) is 5.91 Å². The number of hydrogen-bond donors (Lipinski definition) is 5. The lowest BCUT2D eigenvalue weighted by Gasteiger charge is -2.27. The van der Waals surface area contributed by atoms with E-state index in [-0.39, 0.29) is 0 Å². The molecule has 0 aromatic heterocycles. The highest BCUT2D eigenvalue weighted by atomic mass is 16.3. The van der Waals surface area contributed by atoms with Gasteiger partial charge in [-0.3, -0.25) is 4.79 Å². The fourth-order valence-corrected chi connectivity index (χ4v) is 6.52. The Bertz CT molecular complexity index is 812. The van der Waals surface area contributed by atoms with Gasteiger partial charge in [-0.25, -0.2) is 0 Å². The van der Waals surface area contributed by atoms with Crippen LogP contribution < -0.4 is 5.32 Å². The third-order valence-electron chi connectivity index (χ3n) is 10.1. The van der Waals surface area contributed by atoms with Crippen LogP contribution in [0.2, 0.25) is 0 Å². The molecule has 0 aliphatic heterocycles. The summed E-state index contributed by atoms with van der Waals surface area (Å²) < 4.78 is 0. The van der Waals surface area contributed by atoms with Crippen molar-refractivity contribution < 1.29 is 25.2 Å². The quantitative estimate of drug-likeness (QED) is 0.0321. The van der Waals surface area contributed by atoms with Gasteiger partial charge in [0, 0.05) is 0 Å². The minimum absolute atomic E-state index is 0.337. The normalized spacial score (nSPS) is 14.5. The predicted octanol–water partition coefficient (Wildman–Crippen LogP) is 11.3. The molecule has 0 radical (unpaired) electrons. The molecule has 6 nitrogen and oxygen atoms in total. The molecule has 0 aliphatic rings. The number of allylic oxidation sites excluding steroid dienone is 6. The van der Waals surface area contributed by atoms with Crippen molar-refractivity contribution in [3.05, 3.63) is 36.5 Å². The Morgan fingerprint density at radius 1 is 0.471 bits per heavy atom. The molecule has 300 valence electrons. The molecule has 6 heteroatoms. The standard InChI is InChI=1S/C45H85NO5/c1-3-5-7-9-11-13-14-15-16-17-18-19-20-21-22-23-24-25-26-27-28-29-31-32-34-36-38-42(48)44(50)41(40-47)46-45(51)43(49)39-37-35-33-30-12-10-8-6-4-2/h10,12,26-27,31-32,41-44,47-50H,3-9,11,13-25,28-30,33-40H2,1-2H3,(H,46,51)/b12-10-,27-26+,32-31+. The van der Waals surface area contributed by atoms with Gasteiger partial charge < -0.3 is 25.7 Å². The zero-order valence-corrected chi connectivity index (χ0v) is 33.6. The Morgan fingerprint density at radius 2 is 0.843 bits per heavy atom. The van der Waals surface area contributed by atoms with Crippen LogP contribution in [0, 0.1) is 0 Å². The number of nitrogens with one attached hydrogen (secondary N) is 1. The maximum Gasteiger partial charge on any atom is 0.249 e. The second kappa shape index (κ2) is 39.7. The average molecular weight is 720 g/mol. The third-order valence-corrected chi connectivity index (χ3v) is 10.1. The summed E-state index contributed by atoms with van der Waals surface area (Å²) in [6.45, 7) is 3.96. The topological polar surface area (TPSA) is 110 Å². The molecule has 0 heterocycles. The number of amides is 1. The third kappa shape index (κ3) is 34.1. The molecular weight excluding hydrogens is 634 g/mol. The van der Waals surface area contributed by atoms with Crippen LogP contribution >= 0.6 is 0 Å². The lowest BCUT2D eigenvalue weighted by atomic mass is 10.00. The van der Waals surface area contributed by atoms with Crippen molar-refractivity contribution in [3.63, 3.8) is 0 Å². The largest absolute Gasteiger partial charge is 0.394 e. The van der Waals surface area contributed by atoms with Gasteiger partial charge in [-0.1, -0.05) is 179 Å². The summed E-state index contributed by atoms with van der Waals surface area (Å²) in [5, 5.41) is 43.4. The Labute approximate surface area is 316 Å². The first-order valence-electron chi connectivity index (χ1n) is 21.9. The molecule has 0 saturated carbocycles. The summed E-state index contributed by atoms with van der Waals surface area (Å²) in [6, 6.07) is -1.01. The molecule has 0 spiro atoms. The van der Waals surface area contributed by atoms with Gasteiger partial charge >= 0.3 is 0 Å². The van der Waals surface area contributed by atoms with Gasteiger partial charge in [0.25, 0.3) is 0 Å². The number of unbranched alkanes of at least 4 members (excludes halogenated alkanes) is 24. The maximum atomic E-state index is 12.4. The first kappa shape index (κ1) is 49.5. The second-order valence-electron chi connectivity index (χ2n) is 15.0. The van der Waals surface area contributed by atoms with E-state index in [1.807, 2.05) is 0 Å². The summed E-state index contributed by atoms with van der Waals surface area (Å²) in [7, 11) is 0. The molecule has 0 saturated heterocycles. The van der Waals surface area contributed by atoms with Gasteiger partial charge in [0.1, 0.15) is 12.2 Å². The summed E-state index contributed by atoms with van der Waals surface area (Å²) >= 11 is 0. The van der Waals surface area contributed by atoms with Gasteiger partial charge in [0.05, 0.1) is 18.8 Å². The van der Waals surface area contributed by atoms with E-state index in [1.54, 1.807) is 0 Å². The second-order valence-corrected chi connectivity index (χ2v) is 15.0. The van der Waals surface area contributed by atoms with Crippen LogP contribution in [0.4, 0.5) is 0 Å². The van der Waals surface area contributed by atoms with Crippen LogP contribution in [0.5, 0.6) is 0 Å². The number of carbonyl (C=O) groups excluding carboxylic acids is 1. The van der Waals surface area contributed by atoms with Gasteiger partial charge in [0.15, 0.2) is 0 Å². The van der Waals surface area contributed by atoms with Crippen LogP contribution in [0.25, 0.3) is 0 Å². The Kier molecular flexibility index (Phi) is 38.6. The highest BCUT2D eigenvalue weighted by molar-refractivity contribution is 5.80. The first-order valence-corrected chi connectivity index (χ1v) is 21.9. The molecule has 0 rings (SSSR count). The lowest BCUT2D eigenvalue weighted by Crippen LogP contribution is -2.53. The SMILES string of the molecule is CCCC/C=C\CCCCCC(O)C(=O)NC(CO)C(O)C(O)CCC/C=C/CC/C=C/CCCCCCCCCCCCCCCCCCC. The molecule has 0 bridgehead atoms. The summed E-state index contributed by atoms with van der Waals surface area (Å²) in [5.74, 6) is -0.614.